The molecule has 0 spiro atoms. The minimum atomic E-state index is -0.121. The lowest BCUT2D eigenvalue weighted by molar-refractivity contribution is 0.0954. The number of hydrogen-bond acceptors (Lipinski definition) is 4. The SMILES string of the molecule is COc1ccc(C(=O)NCc2ncc[nH]2)s1. The number of H-pyrrole nitrogens is 1. The lowest BCUT2D eigenvalue weighted by Crippen LogP contribution is -2.22. The second-order valence-electron chi connectivity index (χ2n) is 3.04. The maximum absolute atomic E-state index is 11.7. The van der Waals surface area contributed by atoms with Gasteiger partial charge in [-0.15, -0.1) is 0 Å². The molecule has 1 amide bonds. The Labute approximate surface area is 96.5 Å². The van der Waals surface area contributed by atoms with Crippen molar-refractivity contribution in [2.75, 3.05) is 7.11 Å². The summed E-state index contributed by atoms with van der Waals surface area (Å²) in [4.78, 5) is 19.2. The van der Waals surface area contributed by atoms with Crippen molar-refractivity contribution < 1.29 is 9.53 Å². The minimum absolute atomic E-state index is 0.121. The number of nitrogens with zero attached hydrogens (tertiary/aromatic N) is 1. The van der Waals surface area contributed by atoms with E-state index in [0.29, 0.717) is 11.4 Å². The summed E-state index contributed by atoms with van der Waals surface area (Å²) in [6.45, 7) is 0.395. The van der Waals surface area contributed by atoms with Crippen LogP contribution in [0.25, 0.3) is 0 Å². The standard InChI is InChI=1S/C10H11N3O2S/c1-15-9-3-2-7(16-9)10(14)13-6-8-11-4-5-12-8/h2-5H,6H2,1H3,(H,11,12)(H,13,14). The number of rotatable bonds is 4. The van der Waals surface area contributed by atoms with E-state index in [1.807, 2.05) is 0 Å². The maximum Gasteiger partial charge on any atom is 0.261 e. The predicted octanol–water partition coefficient (Wildman–Crippen LogP) is 1.41. The number of nitrogens with one attached hydrogen (secondary N) is 2. The number of thiophene rings is 1. The third-order valence-corrected chi connectivity index (χ3v) is 3.02. The zero-order valence-electron chi connectivity index (χ0n) is 8.69. The number of aromatic amines is 1. The van der Waals surface area contributed by atoms with E-state index in [2.05, 4.69) is 15.3 Å². The lowest BCUT2D eigenvalue weighted by atomic mass is 10.4. The van der Waals surface area contributed by atoms with Crippen molar-refractivity contribution in [2.24, 2.45) is 0 Å². The van der Waals surface area contributed by atoms with Crippen molar-refractivity contribution >= 4 is 17.2 Å². The number of carbonyl (C=O) groups excluding carboxylic acids is 1. The molecule has 5 nitrogen and oxygen atoms in total. The van der Waals surface area contributed by atoms with E-state index in [-0.39, 0.29) is 5.91 Å². The molecule has 6 heteroatoms. The van der Waals surface area contributed by atoms with Crippen LogP contribution in [0.2, 0.25) is 0 Å². The summed E-state index contributed by atoms with van der Waals surface area (Å²) in [5.74, 6) is 0.613. The van der Waals surface area contributed by atoms with Crippen LogP contribution in [-0.2, 0) is 6.54 Å². The van der Waals surface area contributed by atoms with Crippen LogP contribution in [0.15, 0.2) is 24.5 Å². The molecule has 2 N–H and O–H groups in total. The van der Waals surface area contributed by atoms with E-state index in [9.17, 15) is 4.79 Å². The first kappa shape index (κ1) is 10.7. The minimum Gasteiger partial charge on any atom is -0.487 e. The highest BCUT2D eigenvalue weighted by Gasteiger charge is 2.09. The fourth-order valence-corrected chi connectivity index (χ4v) is 1.93. The van der Waals surface area contributed by atoms with E-state index in [0.717, 1.165) is 10.9 Å². The van der Waals surface area contributed by atoms with Crippen molar-refractivity contribution in [1.82, 2.24) is 15.3 Å². The topological polar surface area (TPSA) is 67.0 Å². The number of aromatic nitrogens is 2. The molecule has 2 rings (SSSR count). The summed E-state index contributed by atoms with van der Waals surface area (Å²) in [6, 6.07) is 3.51. The molecule has 0 saturated heterocycles. The van der Waals surface area contributed by atoms with Crippen molar-refractivity contribution in [2.45, 2.75) is 6.54 Å². The largest absolute Gasteiger partial charge is 0.487 e. The molecule has 0 bridgehead atoms. The summed E-state index contributed by atoms with van der Waals surface area (Å²) < 4.78 is 5.02. The summed E-state index contributed by atoms with van der Waals surface area (Å²) in [5.41, 5.74) is 0. The summed E-state index contributed by atoms with van der Waals surface area (Å²) in [6.07, 6.45) is 3.37. The zero-order valence-corrected chi connectivity index (χ0v) is 9.50. The van der Waals surface area contributed by atoms with Gasteiger partial charge in [-0.05, 0) is 12.1 Å². The van der Waals surface area contributed by atoms with Gasteiger partial charge >= 0.3 is 0 Å². The smallest absolute Gasteiger partial charge is 0.261 e. The number of ether oxygens (including phenoxy) is 1. The van der Waals surface area contributed by atoms with Gasteiger partial charge in [0.1, 0.15) is 5.82 Å². The molecule has 2 aromatic rings. The van der Waals surface area contributed by atoms with E-state index in [1.165, 1.54) is 11.3 Å². The molecule has 0 saturated carbocycles. The van der Waals surface area contributed by atoms with Gasteiger partial charge in [0.2, 0.25) is 0 Å². The zero-order chi connectivity index (χ0) is 11.4. The average molecular weight is 237 g/mol. The van der Waals surface area contributed by atoms with Gasteiger partial charge < -0.3 is 15.0 Å². The van der Waals surface area contributed by atoms with Gasteiger partial charge in [-0.3, -0.25) is 4.79 Å². The van der Waals surface area contributed by atoms with Crippen molar-refractivity contribution in [3.8, 4) is 5.06 Å². The van der Waals surface area contributed by atoms with Crippen LogP contribution in [0, 0.1) is 0 Å². The number of carbonyl (C=O) groups is 1. The van der Waals surface area contributed by atoms with Crippen LogP contribution in [0.1, 0.15) is 15.5 Å². The molecule has 0 aromatic carbocycles. The molecule has 2 aromatic heterocycles. The van der Waals surface area contributed by atoms with Gasteiger partial charge in [0.25, 0.3) is 5.91 Å². The molecule has 0 aliphatic rings. The first-order valence-corrected chi connectivity index (χ1v) is 5.51. The molecule has 2 heterocycles. The summed E-state index contributed by atoms with van der Waals surface area (Å²) in [5, 5.41) is 3.49. The monoisotopic (exact) mass is 237 g/mol. The van der Waals surface area contributed by atoms with Crippen LogP contribution < -0.4 is 10.1 Å². The number of methoxy groups -OCH3 is 1. The Morgan fingerprint density at radius 2 is 2.50 bits per heavy atom. The van der Waals surface area contributed by atoms with Crippen molar-refractivity contribution in [1.29, 1.82) is 0 Å². The molecule has 16 heavy (non-hydrogen) atoms. The number of hydrogen-bond donors (Lipinski definition) is 2. The Morgan fingerprint density at radius 1 is 1.62 bits per heavy atom. The molecular weight excluding hydrogens is 226 g/mol. The highest BCUT2D eigenvalue weighted by molar-refractivity contribution is 7.15. The first-order valence-electron chi connectivity index (χ1n) is 4.70. The van der Waals surface area contributed by atoms with E-state index in [4.69, 9.17) is 4.74 Å². The van der Waals surface area contributed by atoms with Crippen LogP contribution in [0.3, 0.4) is 0 Å². The predicted molar refractivity (Wildman–Crippen MR) is 60.6 cm³/mol. The number of amides is 1. The van der Waals surface area contributed by atoms with Crippen LogP contribution in [0.4, 0.5) is 0 Å². The van der Waals surface area contributed by atoms with E-state index < -0.39 is 0 Å². The van der Waals surface area contributed by atoms with Crippen molar-refractivity contribution in [3.05, 3.63) is 35.2 Å². The Bertz CT molecular complexity index is 464. The molecule has 0 fully saturated rings. The van der Waals surface area contributed by atoms with E-state index >= 15 is 0 Å². The molecule has 0 aliphatic carbocycles. The van der Waals surface area contributed by atoms with Gasteiger partial charge in [-0.1, -0.05) is 11.3 Å². The molecule has 0 aliphatic heterocycles. The van der Waals surface area contributed by atoms with Crippen molar-refractivity contribution in [3.63, 3.8) is 0 Å². The fourth-order valence-electron chi connectivity index (χ4n) is 1.20. The highest BCUT2D eigenvalue weighted by Crippen LogP contribution is 2.23. The highest BCUT2D eigenvalue weighted by atomic mass is 32.1. The molecule has 84 valence electrons. The number of imidazole rings is 1. The van der Waals surface area contributed by atoms with Crippen LogP contribution in [0.5, 0.6) is 5.06 Å². The van der Waals surface area contributed by atoms with Gasteiger partial charge in [-0.25, -0.2) is 4.98 Å². The van der Waals surface area contributed by atoms with Crippen LogP contribution >= 0.6 is 11.3 Å². The Balaban J connectivity index is 1.93. The third-order valence-electron chi connectivity index (χ3n) is 1.98. The van der Waals surface area contributed by atoms with Gasteiger partial charge in [-0.2, -0.15) is 0 Å². The Morgan fingerprint density at radius 3 is 3.12 bits per heavy atom. The first-order chi connectivity index (χ1) is 7.79. The molecule has 0 radical (unpaired) electrons. The summed E-state index contributed by atoms with van der Waals surface area (Å²) >= 11 is 1.31. The normalized spacial score (nSPS) is 10.1. The lowest BCUT2D eigenvalue weighted by Gasteiger charge is -2.00. The average Bonchev–Trinajstić information content (AvgIpc) is 2.96. The molecule has 0 atom stereocenters. The Kier molecular flexibility index (Phi) is 3.21. The molecule has 0 unspecified atom stereocenters. The van der Waals surface area contributed by atoms with Gasteiger partial charge in [0.15, 0.2) is 5.06 Å². The summed E-state index contributed by atoms with van der Waals surface area (Å²) in [7, 11) is 1.58. The Hall–Kier alpha value is -1.82. The molecular formula is C10H11N3O2S. The van der Waals surface area contributed by atoms with Gasteiger partial charge in [0.05, 0.1) is 18.5 Å². The second-order valence-corrected chi connectivity index (χ2v) is 4.09. The van der Waals surface area contributed by atoms with Gasteiger partial charge in [0, 0.05) is 12.4 Å². The second kappa shape index (κ2) is 4.80. The maximum atomic E-state index is 11.7. The quantitative estimate of drug-likeness (QED) is 0.844. The van der Waals surface area contributed by atoms with Crippen LogP contribution in [-0.4, -0.2) is 23.0 Å². The van der Waals surface area contributed by atoms with E-state index in [1.54, 1.807) is 31.6 Å². The third kappa shape index (κ3) is 2.40. The fraction of sp³-hybridized carbons (Fsp3) is 0.200.